The first-order valence-electron chi connectivity index (χ1n) is 22.1. The quantitative estimate of drug-likeness (QED) is 0.0168. The number of nitrogens with one attached hydrogen (secondary N) is 3. The SMILES string of the molecule is C.C.C.C.CC(C)(C)c1ccc(S(=O)(=O)Cl)cc1.CC(C)(C)c1ccc(S(=O)(=O)Nc2cc(F)c(F)cc2C(=O)NN)cc1.CC(C)(C)c1ccc(S(=O)(=O)Nc2cc(F)c(F)cc2C(=O)O)cc1.Nc1cc(F)c(F)cc1C(=O)O. The molecule has 0 fully saturated rings. The number of hydrogen-bond acceptors (Lipinski definition) is 11. The molecule has 0 unspecified atom stereocenters. The normalized spacial score (nSPS) is 11.2. The maximum Gasteiger partial charge on any atom is 0.337 e. The summed E-state index contributed by atoms with van der Waals surface area (Å²) in [5.41, 5.74) is 6.63. The summed E-state index contributed by atoms with van der Waals surface area (Å²) in [5, 5.41) is 17.5. The van der Waals surface area contributed by atoms with Gasteiger partial charge in [-0.2, -0.15) is 0 Å². The number of anilines is 3. The first-order chi connectivity index (χ1) is 35.1. The molecular weight excluding hydrogens is 1150 g/mol. The van der Waals surface area contributed by atoms with Crippen molar-refractivity contribution < 1.29 is 76.2 Å². The van der Waals surface area contributed by atoms with Crippen LogP contribution in [0.1, 0.15) is 140 Å². The van der Waals surface area contributed by atoms with Crippen LogP contribution in [0.5, 0.6) is 0 Å². The number of hydrazine groups is 1. The lowest BCUT2D eigenvalue weighted by atomic mass is 9.87. The number of carboxylic acids is 2. The van der Waals surface area contributed by atoms with E-state index in [1.807, 2.05) is 46.3 Å². The van der Waals surface area contributed by atoms with Gasteiger partial charge in [-0.05, 0) is 87.5 Å². The smallest absolute Gasteiger partial charge is 0.337 e. The summed E-state index contributed by atoms with van der Waals surface area (Å²) in [6.07, 6.45) is 0. The molecule has 6 aromatic carbocycles. The summed E-state index contributed by atoms with van der Waals surface area (Å²) in [6.45, 7) is 18.0. The number of carbonyl (C=O) groups excluding carboxylic acids is 1. The third-order valence-corrected chi connectivity index (χ3v) is 14.7. The Hall–Kier alpha value is -7.19. The van der Waals surface area contributed by atoms with Crippen LogP contribution in [0, 0.1) is 34.9 Å². The molecule has 0 radical (unpaired) electrons. The predicted octanol–water partition coefficient (Wildman–Crippen LogP) is 13.1. The van der Waals surface area contributed by atoms with E-state index in [-0.39, 0.29) is 66.3 Å². The average molecular weight is 1220 g/mol. The summed E-state index contributed by atoms with van der Waals surface area (Å²) >= 11 is 0. The summed E-state index contributed by atoms with van der Waals surface area (Å²) in [5.74, 6) is -6.66. The van der Waals surface area contributed by atoms with Crippen LogP contribution in [-0.2, 0) is 45.3 Å². The second kappa shape index (κ2) is 29.5. The molecule has 1 amide bonds. The molecule has 0 atom stereocenters. The molecule has 6 aromatic rings. The van der Waals surface area contributed by atoms with Crippen LogP contribution in [0.4, 0.5) is 43.4 Å². The van der Waals surface area contributed by atoms with Gasteiger partial charge in [0.15, 0.2) is 34.9 Å². The van der Waals surface area contributed by atoms with Gasteiger partial charge in [-0.1, -0.05) is 128 Å². The molecule has 0 heterocycles. The minimum absolute atomic E-state index is 0. The zero-order valence-electron chi connectivity index (χ0n) is 42.5. The highest BCUT2D eigenvalue weighted by Crippen LogP contribution is 2.29. The van der Waals surface area contributed by atoms with Crippen LogP contribution < -0.4 is 26.4 Å². The molecule has 0 spiro atoms. The van der Waals surface area contributed by atoms with Crippen molar-refractivity contribution in [2.24, 2.45) is 5.84 Å². The Morgan fingerprint density at radius 3 is 0.988 bits per heavy atom. The molecule has 0 aliphatic rings. The fraction of sp³-hybridized carbons (Fsp3) is 0.291. The van der Waals surface area contributed by atoms with E-state index < -0.39 is 110 Å². The standard InChI is InChI=1S/C17H19F2N3O3S.C17H17F2NO4S.C10H13ClO2S.C7H5F2NO2.4CH4/c1-17(2,3)10-4-6-11(7-5-10)26(24,25)22-15-9-14(19)13(18)8-12(15)16(23)21-20;1-17(2,3)10-4-6-11(7-5-10)25(23,24)20-15-9-14(19)13(18)8-12(15)16(21)22;1-10(2,3)8-4-6-9(7-5-8)14(11,12)13;8-4-1-3(7(11)12)6(10)2-5(4)9;;;;/h4-9,22H,20H2,1-3H3,(H,21,23);4-9,20H,1-3H3,(H,21,22);4-7H,1-3H3;1-2H,10H2,(H,11,12);4*1H4. The lowest BCUT2D eigenvalue weighted by Crippen LogP contribution is -2.31. The summed E-state index contributed by atoms with van der Waals surface area (Å²) in [7, 11) is -6.69. The number of aromatic carboxylic acids is 2. The maximum atomic E-state index is 13.5. The highest BCUT2D eigenvalue weighted by Gasteiger charge is 2.25. The van der Waals surface area contributed by atoms with Crippen molar-refractivity contribution in [1.82, 2.24) is 5.43 Å². The van der Waals surface area contributed by atoms with Crippen LogP contribution in [0.25, 0.3) is 0 Å². The summed E-state index contributed by atoms with van der Waals surface area (Å²) in [6, 6.07) is 22.0. The Bertz CT molecular complexity index is 3500. The molecule has 0 aliphatic carbocycles. The van der Waals surface area contributed by atoms with Gasteiger partial charge in [-0.25, -0.2) is 67.0 Å². The molecule has 26 heteroatoms. The van der Waals surface area contributed by atoms with Gasteiger partial charge in [0, 0.05) is 34.6 Å². The Labute approximate surface area is 475 Å². The highest BCUT2D eigenvalue weighted by molar-refractivity contribution is 8.13. The van der Waals surface area contributed by atoms with Gasteiger partial charge in [0.1, 0.15) is 0 Å². The van der Waals surface area contributed by atoms with Gasteiger partial charge in [-0.3, -0.25) is 19.7 Å². The van der Waals surface area contributed by atoms with E-state index >= 15 is 0 Å². The number of benzene rings is 6. The van der Waals surface area contributed by atoms with E-state index in [9.17, 15) is 66.0 Å². The van der Waals surface area contributed by atoms with Gasteiger partial charge in [0.2, 0.25) is 0 Å². The van der Waals surface area contributed by atoms with Crippen LogP contribution in [-0.4, -0.2) is 53.3 Å². The van der Waals surface area contributed by atoms with Crippen molar-refractivity contribution in [3.63, 3.8) is 0 Å². The molecule has 9 N–H and O–H groups in total. The number of carbonyl (C=O) groups is 3. The van der Waals surface area contributed by atoms with Crippen molar-refractivity contribution in [1.29, 1.82) is 0 Å². The van der Waals surface area contributed by atoms with E-state index in [0.29, 0.717) is 36.4 Å². The van der Waals surface area contributed by atoms with Gasteiger partial charge in [0.25, 0.3) is 35.0 Å². The molecule has 0 saturated heterocycles. The maximum absolute atomic E-state index is 13.5. The Balaban J connectivity index is 0. The first-order valence-corrected chi connectivity index (χ1v) is 27.4. The van der Waals surface area contributed by atoms with Gasteiger partial charge in [0.05, 0.1) is 42.8 Å². The molecule has 16 nitrogen and oxygen atoms in total. The van der Waals surface area contributed by atoms with E-state index in [0.717, 1.165) is 16.7 Å². The Morgan fingerprint density at radius 2 is 0.704 bits per heavy atom. The molecule has 0 aromatic heterocycles. The van der Waals surface area contributed by atoms with E-state index in [1.165, 1.54) is 36.4 Å². The third kappa shape index (κ3) is 21.3. The predicted molar refractivity (Wildman–Crippen MR) is 306 cm³/mol. The molecular formula is C55H70ClF6N5O11S3. The fourth-order valence-electron chi connectivity index (χ4n) is 6.25. The van der Waals surface area contributed by atoms with Crippen molar-refractivity contribution in [3.8, 4) is 0 Å². The Kier molecular flexibility index (Phi) is 27.6. The second-order valence-corrected chi connectivity index (χ2v) is 25.5. The van der Waals surface area contributed by atoms with Crippen LogP contribution in [0.2, 0.25) is 0 Å². The van der Waals surface area contributed by atoms with Crippen molar-refractivity contribution in [2.45, 2.75) is 123 Å². The topological polar surface area (TPSA) is 282 Å². The molecule has 0 saturated carbocycles. The van der Waals surface area contributed by atoms with Crippen molar-refractivity contribution in [2.75, 3.05) is 15.2 Å². The molecule has 0 aliphatic heterocycles. The highest BCUT2D eigenvalue weighted by atomic mass is 35.7. The third-order valence-electron chi connectivity index (χ3n) is 10.6. The molecule has 0 bridgehead atoms. The largest absolute Gasteiger partial charge is 0.478 e. The zero-order valence-corrected chi connectivity index (χ0v) is 45.7. The lowest BCUT2D eigenvalue weighted by molar-refractivity contribution is 0.0686. The zero-order chi connectivity index (χ0) is 59.0. The molecule has 448 valence electrons. The number of amides is 1. The number of carboxylic acid groups (broad SMARTS) is 2. The number of nitrogens with two attached hydrogens (primary N) is 2. The molecule has 81 heavy (non-hydrogen) atoms. The lowest BCUT2D eigenvalue weighted by Gasteiger charge is -2.19. The van der Waals surface area contributed by atoms with Gasteiger partial charge < -0.3 is 15.9 Å². The number of hydrogen-bond donors (Lipinski definition) is 7. The van der Waals surface area contributed by atoms with Gasteiger partial charge >= 0.3 is 11.9 Å². The van der Waals surface area contributed by atoms with E-state index in [2.05, 4.69) is 25.5 Å². The van der Waals surface area contributed by atoms with E-state index in [4.69, 9.17) is 32.5 Å². The Morgan fingerprint density at radius 1 is 0.444 bits per heavy atom. The second-order valence-electron chi connectivity index (χ2n) is 19.5. The monoisotopic (exact) mass is 1220 g/mol. The first kappa shape index (κ1) is 75.9. The van der Waals surface area contributed by atoms with Crippen LogP contribution >= 0.6 is 10.7 Å². The van der Waals surface area contributed by atoms with E-state index in [1.54, 1.807) is 41.8 Å². The fourth-order valence-corrected chi connectivity index (χ4v) is 9.16. The van der Waals surface area contributed by atoms with Gasteiger partial charge in [-0.15, -0.1) is 0 Å². The number of nitrogen functional groups attached to an aromatic ring is 2. The number of rotatable bonds is 10. The minimum atomic E-state index is -4.16. The number of sulfonamides is 2. The molecule has 6 rings (SSSR count). The summed E-state index contributed by atoms with van der Waals surface area (Å²) in [4.78, 5) is 33.1. The number of halogens is 7. The van der Waals surface area contributed by atoms with Crippen molar-refractivity contribution >= 4 is 74.7 Å². The van der Waals surface area contributed by atoms with Crippen LogP contribution in [0.15, 0.2) is 124 Å². The summed E-state index contributed by atoms with van der Waals surface area (Å²) < 4.78 is 154. The minimum Gasteiger partial charge on any atom is -0.478 e. The average Bonchev–Trinajstić information content (AvgIpc) is 3.31. The van der Waals surface area contributed by atoms with Crippen molar-refractivity contribution in [3.05, 3.63) is 177 Å². The van der Waals surface area contributed by atoms with Crippen LogP contribution in [0.3, 0.4) is 0 Å².